The van der Waals surface area contributed by atoms with Gasteiger partial charge in [-0.15, -0.1) is 0 Å². The Kier molecular flexibility index (Phi) is 3.66. The van der Waals surface area contributed by atoms with Crippen molar-refractivity contribution >= 4 is 17.3 Å². The van der Waals surface area contributed by atoms with Crippen molar-refractivity contribution in [3.8, 4) is 0 Å². The minimum atomic E-state index is -0.0191. The lowest BCUT2D eigenvalue weighted by atomic mass is 9.94. The molecule has 2 aliphatic rings. The van der Waals surface area contributed by atoms with Crippen molar-refractivity contribution < 1.29 is 4.79 Å². The van der Waals surface area contributed by atoms with E-state index in [4.69, 9.17) is 0 Å². The zero-order valence-corrected chi connectivity index (χ0v) is 12.3. The molecule has 2 fully saturated rings. The minimum Gasteiger partial charge on any atom is -0.382 e. The lowest BCUT2D eigenvalue weighted by molar-refractivity contribution is -0.114. The van der Waals surface area contributed by atoms with Gasteiger partial charge < -0.3 is 15.5 Å². The predicted molar refractivity (Wildman–Crippen MR) is 82.1 cm³/mol. The van der Waals surface area contributed by atoms with Gasteiger partial charge in [-0.25, -0.2) is 0 Å². The Bertz CT molecular complexity index is 514. The Labute approximate surface area is 120 Å². The highest BCUT2D eigenvalue weighted by Crippen LogP contribution is 2.30. The van der Waals surface area contributed by atoms with Crippen LogP contribution in [0.4, 0.5) is 11.4 Å². The van der Waals surface area contributed by atoms with Crippen molar-refractivity contribution in [3.05, 3.63) is 23.8 Å². The van der Waals surface area contributed by atoms with Gasteiger partial charge in [-0.2, -0.15) is 0 Å². The molecule has 3 rings (SSSR count). The highest BCUT2D eigenvalue weighted by molar-refractivity contribution is 5.90. The molecule has 3 atom stereocenters. The van der Waals surface area contributed by atoms with Crippen molar-refractivity contribution in [2.45, 2.75) is 32.7 Å². The number of nitrogens with one attached hydrogen (secondary N) is 2. The summed E-state index contributed by atoms with van der Waals surface area (Å²) in [6.07, 6.45) is 2.52. The summed E-state index contributed by atoms with van der Waals surface area (Å²) in [6, 6.07) is 6.80. The van der Waals surface area contributed by atoms with Crippen LogP contribution in [0.25, 0.3) is 0 Å². The fraction of sp³-hybridized carbons (Fsp3) is 0.562. The highest BCUT2D eigenvalue weighted by Gasteiger charge is 2.34. The van der Waals surface area contributed by atoms with Crippen molar-refractivity contribution in [3.63, 3.8) is 0 Å². The van der Waals surface area contributed by atoms with Gasteiger partial charge in [-0.1, -0.05) is 6.07 Å². The highest BCUT2D eigenvalue weighted by atomic mass is 16.1. The maximum absolute atomic E-state index is 11.2. The monoisotopic (exact) mass is 273 g/mol. The van der Waals surface area contributed by atoms with E-state index < -0.39 is 0 Å². The van der Waals surface area contributed by atoms with Crippen LogP contribution in [-0.2, 0) is 4.79 Å². The normalized spacial score (nSPS) is 28.2. The Hall–Kier alpha value is -1.55. The topological polar surface area (TPSA) is 44.4 Å². The van der Waals surface area contributed by atoms with Crippen LogP contribution in [0.5, 0.6) is 0 Å². The predicted octanol–water partition coefficient (Wildman–Crippen LogP) is 2.46. The van der Waals surface area contributed by atoms with Gasteiger partial charge in [0.1, 0.15) is 0 Å². The summed E-state index contributed by atoms with van der Waals surface area (Å²) in [4.78, 5) is 13.8. The number of fused-ring (bicyclic) bond motifs is 2. The van der Waals surface area contributed by atoms with E-state index in [0.29, 0.717) is 6.04 Å². The summed E-state index contributed by atoms with van der Waals surface area (Å²) in [5.41, 5.74) is 3.12. The van der Waals surface area contributed by atoms with Crippen LogP contribution in [0.1, 0.15) is 25.3 Å². The van der Waals surface area contributed by atoms with E-state index >= 15 is 0 Å². The molecular formula is C16H23N3O. The molecule has 0 saturated carbocycles. The van der Waals surface area contributed by atoms with Crippen molar-refractivity contribution in [2.75, 3.05) is 30.3 Å². The Morgan fingerprint density at radius 2 is 2.10 bits per heavy atom. The summed E-state index contributed by atoms with van der Waals surface area (Å²) in [5, 5.41) is 6.57. The number of anilines is 2. The molecule has 1 aromatic carbocycles. The summed E-state index contributed by atoms with van der Waals surface area (Å²) in [5.74, 6) is 0.753. The molecule has 2 heterocycles. The maximum Gasteiger partial charge on any atom is 0.221 e. The zero-order valence-electron chi connectivity index (χ0n) is 12.3. The van der Waals surface area contributed by atoms with Gasteiger partial charge in [0.2, 0.25) is 5.91 Å². The van der Waals surface area contributed by atoms with Crippen LogP contribution in [-0.4, -0.2) is 36.5 Å². The SMILES string of the molecule is CC(=O)Nc1cc(NC2CCN3CCC2C3)ccc1C. The van der Waals surface area contributed by atoms with Gasteiger partial charge in [-0.3, -0.25) is 4.79 Å². The molecule has 4 heteroatoms. The van der Waals surface area contributed by atoms with Gasteiger partial charge in [0.05, 0.1) is 0 Å². The second-order valence-electron chi connectivity index (χ2n) is 6.10. The largest absolute Gasteiger partial charge is 0.382 e. The fourth-order valence-electron chi connectivity index (χ4n) is 3.39. The van der Waals surface area contributed by atoms with E-state index in [-0.39, 0.29) is 5.91 Å². The van der Waals surface area contributed by atoms with Crippen molar-refractivity contribution in [1.29, 1.82) is 0 Å². The summed E-state index contributed by atoms with van der Waals surface area (Å²) >= 11 is 0. The van der Waals surface area contributed by atoms with Crippen LogP contribution in [0.15, 0.2) is 18.2 Å². The first kappa shape index (κ1) is 13.4. The molecule has 3 unspecified atom stereocenters. The molecule has 2 aliphatic heterocycles. The second-order valence-corrected chi connectivity index (χ2v) is 6.10. The molecule has 0 spiro atoms. The van der Waals surface area contributed by atoms with Gasteiger partial charge in [0, 0.05) is 37.4 Å². The third-order valence-corrected chi connectivity index (χ3v) is 4.53. The second kappa shape index (κ2) is 5.44. The van der Waals surface area contributed by atoms with Gasteiger partial charge >= 0.3 is 0 Å². The van der Waals surface area contributed by atoms with E-state index in [2.05, 4.69) is 33.7 Å². The molecular weight excluding hydrogens is 250 g/mol. The van der Waals surface area contributed by atoms with Crippen molar-refractivity contribution in [1.82, 2.24) is 4.90 Å². The van der Waals surface area contributed by atoms with E-state index in [1.54, 1.807) is 6.92 Å². The average molecular weight is 273 g/mol. The molecule has 108 valence electrons. The number of carbonyl (C=O) groups is 1. The number of carbonyl (C=O) groups excluding carboxylic acids is 1. The minimum absolute atomic E-state index is 0.0191. The van der Waals surface area contributed by atoms with E-state index in [1.165, 1.54) is 32.5 Å². The molecule has 2 bridgehead atoms. The molecule has 20 heavy (non-hydrogen) atoms. The van der Waals surface area contributed by atoms with Crippen LogP contribution in [0.3, 0.4) is 0 Å². The summed E-state index contributed by atoms with van der Waals surface area (Å²) < 4.78 is 0. The maximum atomic E-state index is 11.2. The molecule has 1 amide bonds. The first-order valence-electron chi connectivity index (χ1n) is 7.49. The smallest absolute Gasteiger partial charge is 0.221 e. The number of hydrogen-bond acceptors (Lipinski definition) is 3. The molecule has 2 N–H and O–H groups in total. The number of rotatable bonds is 3. The van der Waals surface area contributed by atoms with Crippen LogP contribution >= 0.6 is 0 Å². The molecule has 1 aromatic rings. The Morgan fingerprint density at radius 3 is 2.90 bits per heavy atom. The van der Waals surface area contributed by atoms with Crippen LogP contribution in [0.2, 0.25) is 0 Å². The number of amides is 1. The molecule has 2 saturated heterocycles. The van der Waals surface area contributed by atoms with Crippen LogP contribution in [0, 0.1) is 12.8 Å². The summed E-state index contributed by atoms with van der Waals surface area (Å²) in [6.45, 7) is 7.27. The van der Waals surface area contributed by atoms with E-state index in [1.807, 2.05) is 6.92 Å². The number of nitrogens with zero attached hydrogens (tertiary/aromatic N) is 1. The Balaban J connectivity index is 1.72. The molecule has 0 aliphatic carbocycles. The number of hydrogen-bond donors (Lipinski definition) is 2. The van der Waals surface area contributed by atoms with Crippen molar-refractivity contribution in [2.24, 2.45) is 5.92 Å². The molecule has 4 nitrogen and oxygen atoms in total. The first-order chi connectivity index (χ1) is 9.61. The van der Waals surface area contributed by atoms with Gasteiger partial charge in [0.25, 0.3) is 0 Å². The van der Waals surface area contributed by atoms with E-state index in [0.717, 1.165) is 22.9 Å². The number of aryl methyl sites for hydroxylation is 1. The first-order valence-corrected chi connectivity index (χ1v) is 7.49. The number of benzene rings is 1. The van der Waals surface area contributed by atoms with Crippen LogP contribution < -0.4 is 10.6 Å². The van der Waals surface area contributed by atoms with Gasteiger partial charge in [0.15, 0.2) is 0 Å². The standard InChI is InChI=1S/C16H23N3O/c1-11-3-4-14(9-16(11)17-12(2)20)18-15-6-8-19-7-5-13(15)10-19/h3-4,9,13,15,18H,5-8,10H2,1-2H3,(H,17,20). The lowest BCUT2D eigenvalue weighted by Gasteiger charge is -2.31. The third kappa shape index (κ3) is 2.80. The number of piperidine rings is 1. The fourth-order valence-corrected chi connectivity index (χ4v) is 3.39. The third-order valence-electron chi connectivity index (χ3n) is 4.53. The quantitative estimate of drug-likeness (QED) is 0.889. The lowest BCUT2D eigenvalue weighted by Crippen LogP contribution is -2.39. The Morgan fingerprint density at radius 1 is 1.30 bits per heavy atom. The average Bonchev–Trinajstić information content (AvgIpc) is 2.79. The molecule has 0 aromatic heterocycles. The van der Waals surface area contributed by atoms with Gasteiger partial charge in [-0.05, 0) is 49.9 Å². The van der Waals surface area contributed by atoms with E-state index in [9.17, 15) is 4.79 Å². The zero-order chi connectivity index (χ0) is 14.1. The molecule has 0 radical (unpaired) electrons. The summed E-state index contributed by atoms with van der Waals surface area (Å²) in [7, 11) is 0.